The van der Waals surface area contributed by atoms with Crippen molar-refractivity contribution in [1.29, 1.82) is 0 Å². The number of hydrogen-bond donors (Lipinski definition) is 1. The number of para-hydroxylation sites is 1. The van der Waals surface area contributed by atoms with E-state index < -0.39 is 6.17 Å². The largest absolute Gasteiger partial charge is 0.493 e. The van der Waals surface area contributed by atoms with Crippen LogP contribution in [0.2, 0.25) is 0 Å². The van der Waals surface area contributed by atoms with Gasteiger partial charge in [0.25, 0.3) is 11.8 Å². The molecule has 2 aromatic rings. The van der Waals surface area contributed by atoms with E-state index in [1.54, 1.807) is 46.2 Å². The van der Waals surface area contributed by atoms with E-state index in [1.807, 2.05) is 13.8 Å². The van der Waals surface area contributed by atoms with E-state index in [4.69, 9.17) is 9.47 Å². The molecule has 162 valence electrons. The number of fused-ring (bicyclic) bond motifs is 5. The molecule has 2 aliphatic rings. The van der Waals surface area contributed by atoms with E-state index in [0.29, 0.717) is 33.9 Å². The van der Waals surface area contributed by atoms with Gasteiger partial charge in [0.15, 0.2) is 11.5 Å². The van der Waals surface area contributed by atoms with Crippen LogP contribution in [0.3, 0.4) is 0 Å². The van der Waals surface area contributed by atoms with E-state index in [9.17, 15) is 14.4 Å². The monoisotopic (exact) mass is 423 g/mol. The lowest BCUT2D eigenvalue weighted by molar-refractivity contribution is -0.121. The predicted molar refractivity (Wildman–Crippen MR) is 114 cm³/mol. The Kier molecular flexibility index (Phi) is 5.31. The quantitative estimate of drug-likeness (QED) is 0.772. The van der Waals surface area contributed by atoms with Gasteiger partial charge in [-0.1, -0.05) is 18.2 Å². The van der Waals surface area contributed by atoms with E-state index in [1.165, 1.54) is 14.2 Å². The second-order valence-electron chi connectivity index (χ2n) is 7.80. The van der Waals surface area contributed by atoms with Crippen LogP contribution in [0.5, 0.6) is 11.5 Å². The Morgan fingerprint density at radius 1 is 1.06 bits per heavy atom. The standard InChI is InChI=1S/C23H25N3O5/c1-13(2)24-18(27)11-12-25-21-15-9-10-17(30-3)20(31-4)19(15)23(29)26(21)16-8-6-5-7-14(16)22(25)28/h5-10,13,21H,11-12H2,1-4H3,(H,24,27)/t21-/m0/s1. The fourth-order valence-corrected chi connectivity index (χ4v) is 4.27. The molecule has 0 aliphatic carbocycles. The van der Waals surface area contributed by atoms with E-state index in [2.05, 4.69) is 5.32 Å². The molecule has 0 unspecified atom stereocenters. The molecule has 3 amide bonds. The minimum Gasteiger partial charge on any atom is -0.493 e. The zero-order valence-corrected chi connectivity index (χ0v) is 18.0. The summed E-state index contributed by atoms with van der Waals surface area (Å²) in [4.78, 5) is 42.4. The summed E-state index contributed by atoms with van der Waals surface area (Å²) >= 11 is 0. The van der Waals surface area contributed by atoms with Crippen molar-refractivity contribution in [3.8, 4) is 11.5 Å². The molecule has 1 N–H and O–H groups in total. The van der Waals surface area contributed by atoms with Gasteiger partial charge >= 0.3 is 0 Å². The smallest absolute Gasteiger partial charge is 0.264 e. The van der Waals surface area contributed by atoms with Crippen LogP contribution in [-0.2, 0) is 4.79 Å². The fourth-order valence-electron chi connectivity index (χ4n) is 4.27. The van der Waals surface area contributed by atoms with Crippen LogP contribution in [0.15, 0.2) is 36.4 Å². The Morgan fingerprint density at radius 2 is 1.81 bits per heavy atom. The van der Waals surface area contributed by atoms with Gasteiger partial charge in [0.2, 0.25) is 5.91 Å². The molecule has 8 nitrogen and oxygen atoms in total. The highest BCUT2D eigenvalue weighted by Gasteiger charge is 2.49. The number of ether oxygens (including phenoxy) is 2. The number of benzene rings is 2. The molecule has 1 atom stereocenters. The number of nitrogens with zero attached hydrogens (tertiary/aromatic N) is 2. The zero-order valence-electron chi connectivity index (χ0n) is 18.0. The lowest BCUT2D eigenvalue weighted by atomic mass is 10.0. The third kappa shape index (κ3) is 3.28. The summed E-state index contributed by atoms with van der Waals surface area (Å²) in [5, 5.41) is 2.84. The highest BCUT2D eigenvalue weighted by molar-refractivity contribution is 6.18. The second-order valence-corrected chi connectivity index (χ2v) is 7.80. The van der Waals surface area contributed by atoms with Crippen molar-refractivity contribution in [2.24, 2.45) is 0 Å². The highest BCUT2D eigenvalue weighted by Crippen LogP contribution is 2.49. The van der Waals surface area contributed by atoms with Gasteiger partial charge in [-0.05, 0) is 32.0 Å². The molecule has 31 heavy (non-hydrogen) atoms. The summed E-state index contributed by atoms with van der Waals surface area (Å²) in [6.07, 6.45) is -0.524. The number of hydrogen-bond acceptors (Lipinski definition) is 5. The molecule has 0 fully saturated rings. The first-order valence-electron chi connectivity index (χ1n) is 10.2. The predicted octanol–water partition coefficient (Wildman–Crippen LogP) is 2.73. The average Bonchev–Trinajstić information content (AvgIpc) is 3.05. The van der Waals surface area contributed by atoms with Gasteiger partial charge in [-0.2, -0.15) is 0 Å². The van der Waals surface area contributed by atoms with Gasteiger partial charge in [-0.3, -0.25) is 19.3 Å². The highest BCUT2D eigenvalue weighted by atomic mass is 16.5. The Bertz CT molecular complexity index is 1070. The van der Waals surface area contributed by atoms with E-state index in [-0.39, 0.29) is 36.7 Å². The summed E-state index contributed by atoms with van der Waals surface area (Å²) in [6, 6.07) is 10.5. The Labute approximate surface area is 180 Å². The normalized spacial score (nSPS) is 16.7. The van der Waals surface area contributed by atoms with Gasteiger partial charge < -0.3 is 19.7 Å². The third-order valence-electron chi connectivity index (χ3n) is 5.51. The van der Waals surface area contributed by atoms with Crippen molar-refractivity contribution >= 4 is 23.4 Å². The summed E-state index contributed by atoms with van der Waals surface area (Å²) in [7, 11) is 2.99. The first-order chi connectivity index (χ1) is 14.9. The van der Waals surface area contributed by atoms with Crippen molar-refractivity contribution in [3.05, 3.63) is 53.1 Å². The molecule has 8 heteroatoms. The number of rotatable bonds is 6. The number of carbonyl (C=O) groups is 3. The minimum absolute atomic E-state index is 0.00675. The second kappa shape index (κ2) is 7.94. The molecule has 4 rings (SSSR count). The van der Waals surface area contributed by atoms with Gasteiger partial charge in [-0.15, -0.1) is 0 Å². The van der Waals surface area contributed by atoms with Crippen molar-refractivity contribution in [2.75, 3.05) is 25.7 Å². The molecule has 2 heterocycles. The molecule has 2 aliphatic heterocycles. The third-order valence-corrected chi connectivity index (χ3v) is 5.51. The van der Waals surface area contributed by atoms with Crippen LogP contribution in [0, 0.1) is 0 Å². The number of methoxy groups -OCH3 is 2. The zero-order chi connectivity index (χ0) is 22.3. The molecular weight excluding hydrogens is 398 g/mol. The first kappa shape index (κ1) is 20.7. The topological polar surface area (TPSA) is 88.2 Å². The van der Waals surface area contributed by atoms with Crippen molar-refractivity contribution in [2.45, 2.75) is 32.5 Å². The molecule has 0 saturated carbocycles. The van der Waals surface area contributed by atoms with Crippen molar-refractivity contribution in [3.63, 3.8) is 0 Å². The number of amides is 3. The summed E-state index contributed by atoms with van der Waals surface area (Å²) in [5.74, 6) is 0.140. The summed E-state index contributed by atoms with van der Waals surface area (Å²) in [5.41, 5.74) is 1.99. The summed E-state index contributed by atoms with van der Waals surface area (Å²) < 4.78 is 10.9. The van der Waals surface area contributed by atoms with Gasteiger partial charge in [0, 0.05) is 24.6 Å². The number of anilines is 1. The summed E-state index contributed by atoms with van der Waals surface area (Å²) in [6.45, 7) is 3.94. The SMILES string of the molecule is COc1ccc2c(c1OC)C(=O)N1c3ccccc3C(=O)N(CCC(=O)NC(C)C)[C@H]21. The van der Waals surface area contributed by atoms with Crippen LogP contribution in [0.4, 0.5) is 5.69 Å². The molecule has 0 saturated heterocycles. The maximum absolute atomic E-state index is 13.6. The molecule has 0 spiro atoms. The molecule has 0 radical (unpaired) electrons. The molecule has 0 bridgehead atoms. The maximum atomic E-state index is 13.6. The molecule has 2 aromatic carbocycles. The Hall–Kier alpha value is -3.55. The van der Waals surface area contributed by atoms with Gasteiger partial charge in [-0.25, -0.2) is 0 Å². The Balaban J connectivity index is 1.81. The average molecular weight is 423 g/mol. The van der Waals surface area contributed by atoms with E-state index in [0.717, 1.165) is 0 Å². The van der Waals surface area contributed by atoms with Crippen LogP contribution in [0.1, 0.15) is 52.7 Å². The lowest BCUT2D eigenvalue weighted by Gasteiger charge is -2.40. The maximum Gasteiger partial charge on any atom is 0.264 e. The van der Waals surface area contributed by atoms with Crippen LogP contribution in [0.25, 0.3) is 0 Å². The number of carbonyl (C=O) groups excluding carboxylic acids is 3. The van der Waals surface area contributed by atoms with Gasteiger partial charge in [0.1, 0.15) is 6.17 Å². The van der Waals surface area contributed by atoms with Crippen molar-refractivity contribution < 1.29 is 23.9 Å². The van der Waals surface area contributed by atoms with Crippen LogP contribution >= 0.6 is 0 Å². The fraction of sp³-hybridized carbons (Fsp3) is 0.348. The molecular formula is C23H25N3O5. The van der Waals surface area contributed by atoms with E-state index >= 15 is 0 Å². The number of nitrogens with one attached hydrogen (secondary N) is 1. The van der Waals surface area contributed by atoms with Crippen LogP contribution in [-0.4, -0.2) is 49.4 Å². The lowest BCUT2D eigenvalue weighted by Crippen LogP contribution is -2.49. The minimum atomic E-state index is -0.656. The Morgan fingerprint density at radius 3 is 2.48 bits per heavy atom. The first-order valence-corrected chi connectivity index (χ1v) is 10.2. The molecule has 0 aromatic heterocycles. The van der Waals surface area contributed by atoms with Crippen LogP contribution < -0.4 is 19.7 Å². The van der Waals surface area contributed by atoms with Crippen molar-refractivity contribution in [1.82, 2.24) is 10.2 Å². The van der Waals surface area contributed by atoms with Gasteiger partial charge in [0.05, 0.1) is 31.0 Å².